The molecule has 0 aromatic carbocycles. The molecule has 0 amide bonds. The zero-order valence-corrected chi connectivity index (χ0v) is 11.7. The largest absolute Gasteiger partial charge is 0.373 e. The van der Waals surface area contributed by atoms with Crippen LogP contribution in [0.1, 0.15) is 44.2 Å². The molecule has 0 atom stereocenters. The number of hydrogen-bond acceptors (Lipinski definition) is 3. The van der Waals surface area contributed by atoms with Crippen LogP contribution in [-0.2, 0) is 12.1 Å². The van der Waals surface area contributed by atoms with Crippen molar-refractivity contribution in [2.45, 2.75) is 50.6 Å². The highest BCUT2D eigenvalue weighted by Gasteiger charge is 2.53. The van der Waals surface area contributed by atoms with Gasteiger partial charge in [-0.05, 0) is 56.3 Å². The Morgan fingerprint density at radius 3 is 2.32 bits per heavy atom. The second kappa shape index (κ2) is 3.98. The highest BCUT2D eigenvalue weighted by atomic mass is 15.4. The molecule has 1 heterocycles. The van der Waals surface area contributed by atoms with Crippen LogP contribution in [0.3, 0.4) is 0 Å². The maximum absolute atomic E-state index is 5.77. The predicted octanol–water partition coefficient (Wildman–Crippen LogP) is 2.31. The first-order valence-corrected chi connectivity index (χ1v) is 7.69. The summed E-state index contributed by atoms with van der Waals surface area (Å²) in [5.74, 6) is 3.99. The van der Waals surface area contributed by atoms with Gasteiger partial charge in [-0.2, -0.15) is 5.10 Å². The van der Waals surface area contributed by atoms with Crippen LogP contribution in [0.25, 0.3) is 0 Å². The van der Waals surface area contributed by atoms with Crippen molar-refractivity contribution in [3.63, 3.8) is 0 Å². The minimum atomic E-state index is 0.292. The molecule has 4 fully saturated rings. The third-order valence-electron chi connectivity index (χ3n) is 5.68. The molecule has 5 rings (SSSR count). The van der Waals surface area contributed by atoms with Crippen molar-refractivity contribution < 1.29 is 0 Å². The molecule has 0 aliphatic heterocycles. The van der Waals surface area contributed by atoms with E-state index in [0.717, 1.165) is 29.3 Å². The molecule has 104 valence electrons. The fourth-order valence-corrected chi connectivity index (χ4v) is 5.39. The first-order chi connectivity index (χ1) is 9.22. The zero-order chi connectivity index (χ0) is 13.0. The van der Waals surface area contributed by atoms with Crippen molar-refractivity contribution in [2.24, 2.45) is 23.5 Å². The molecule has 1 aromatic heterocycles. The third kappa shape index (κ3) is 1.65. The molecule has 3 N–H and O–H groups in total. The van der Waals surface area contributed by atoms with Gasteiger partial charge in [-0.15, -0.1) is 0 Å². The summed E-state index contributed by atoms with van der Waals surface area (Å²) >= 11 is 0. The number of hydrogen-bond donors (Lipinski definition) is 2. The van der Waals surface area contributed by atoms with E-state index >= 15 is 0 Å². The van der Waals surface area contributed by atoms with Gasteiger partial charge in [0, 0.05) is 19.7 Å². The zero-order valence-electron chi connectivity index (χ0n) is 11.7. The van der Waals surface area contributed by atoms with E-state index in [1.807, 2.05) is 7.05 Å². The summed E-state index contributed by atoms with van der Waals surface area (Å²) in [6.45, 7) is 0.536. The van der Waals surface area contributed by atoms with E-state index < -0.39 is 0 Å². The molecule has 0 unspecified atom stereocenters. The first-order valence-electron chi connectivity index (χ1n) is 7.69. The lowest BCUT2D eigenvalue weighted by molar-refractivity contribution is -0.0483. The Balaban J connectivity index is 1.76. The van der Waals surface area contributed by atoms with Crippen LogP contribution in [0.4, 0.5) is 5.82 Å². The number of nitrogens with one attached hydrogen (secondary N) is 1. The molecule has 0 saturated heterocycles. The molecule has 4 saturated carbocycles. The molecule has 4 bridgehead atoms. The monoisotopic (exact) mass is 260 g/mol. The van der Waals surface area contributed by atoms with Crippen LogP contribution >= 0.6 is 0 Å². The van der Waals surface area contributed by atoms with E-state index in [9.17, 15) is 0 Å². The molecular weight excluding hydrogens is 236 g/mol. The van der Waals surface area contributed by atoms with Gasteiger partial charge in [0.2, 0.25) is 0 Å². The Bertz CT molecular complexity index is 455. The minimum Gasteiger partial charge on any atom is -0.373 e. The summed E-state index contributed by atoms with van der Waals surface area (Å²) in [5, 5.41) is 8.14. The van der Waals surface area contributed by atoms with E-state index in [2.05, 4.69) is 16.1 Å². The summed E-state index contributed by atoms with van der Waals surface area (Å²) in [7, 11) is 1.99. The number of nitrogens with zero attached hydrogens (tertiary/aromatic N) is 2. The molecule has 1 aromatic rings. The van der Waals surface area contributed by atoms with Gasteiger partial charge in [0.25, 0.3) is 0 Å². The van der Waals surface area contributed by atoms with Gasteiger partial charge >= 0.3 is 0 Å². The maximum atomic E-state index is 5.77. The van der Waals surface area contributed by atoms with Crippen molar-refractivity contribution in [3.05, 3.63) is 11.8 Å². The van der Waals surface area contributed by atoms with Gasteiger partial charge in [0.05, 0.1) is 11.2 Å². The first kappa shape index (κ1) is 11.8. The van der Waals surface area contributed by atoms with Crippen LogP contribution in [0, 0.1) is 17.8 Å². The van der Waals surface area contributed by atoms with E-state index in [4.69, 9.17) is 10.8 Å². The van der Waals surface area contributed by atoms with Gasteiger partial charge in [0.15, 0.2) is 0 Å². The van der Waals surface area contributed by atoms with Crippen LogP contribution in [0.15, 0.2) is 6.07 Å². The Morgan fingerprint density at radius 1 is 1.26 bits per heavy atom. The SMILES string of the molecule is CNc1cc(CN)nn1C12CC3CC(CC(C3)C1)C2. The Labute approximate surface area is 114 Å². The summed E-state index contributed by atoms with van der Waals surface area (Å²) < 4.78 is 2.31. The fourth-order valence-electron chi connectivity index (χ4n) is 5.39. The summed E-state index contributed by atoms with van der Waals surface area (Å²) in [5.41, 5.74) is 7.08. The lowest BCUT2D eigenvalue weighted by Crippen LogP contribution is -2.52. The van der Waals surface area contributed by atoms with Crippen molar-refractivity contribution >= 4 is 5.82 Å². The van der Waals surface area contributed by atoms with Crippen LogP contribution in [0.2, 0.25) is 0 Å². The second-order valence-electron chi connectivity index (χ2n) is 7.03. The third-order valence-corrected chi connectivity index (χ3v) is 5.68. The summed E-state index contributed by atoms with van der Waals surface area (Å²) in [6.07, 6.45) is 8.41. The average molecular weight is 260 g/mol. The number of aromatic nitrogens is 2. The summed E-state index contributed by atoms with van der Waals surface area (Å²) in [4.78, 5) is 0. The van der Waals surface area contributed by atoms with Crippen LogP contribution < -0.4 is 11.1 Å². The molecule has 4 heteroatoms. The Kier molecular flexibility index (Phi) is 2.47. The van der Waals surface area contributed by atoms with Gasteiger partial charge in [-0.3, -0.25) is 0 Å². The maximum Gasteiger partial charge on any atom is 0.124 e. The lowest BCUT2D eigenvalue weighted by atomic mass is 9.53. The van der Waals surface area contributed by atoms with E-state index in [1.54, 1.807) is 0 Å². The van der Waals surface area contributed by atoms with E-state index in [1.165, 1.54) is 38.5 Å². The van der Waals surface area contributed by atoms with Gasteiger partial charge in [-0.1, -0.05) is 0 Å². The molecule has 19 heavy (non-hydrogen) atoms. The highest BCUT2D eigenvalue weighted by molar-refractivity contribution is 5.38. The lowest BCUT2D eigenvalue weighted by Gasteiger charge is -2.56. The Hall–Kier alpha value is -1.03. The van der Waals surface area contributed by atoms with Gasteiger partial charge < -0.3 is 11.1 Å². The van der Waals surface area contributed by atoms with E-state index in [0.29, 0.717) is 12.1 Å². The number of rotatable bonds is 3. The van der Waals surface area contributed by atoms with Gasteiger partial charge in [0.1, 0.15) is 5.82 Å². The van der Waals surface area contributed by atoms with Gasteiger partial charge in [-0.25, -0.2) is 4.68 Å². The number of nitrogens with two attached hydrogens (primary N) is 1. The average Bonchev–Trinajstić information content (AvgIpc) is 2.81. The van der Waals surface area contributed by atoms with Crippen LogP contribution in [0.5, 0.6) is 0 Å². The molecular formula is C15H24N4. The molecule has 0 spiro atoms. The topological polar surface area (TPSA) is 55.9 Å². The normalized spacial score (nSPS) is 39.8. The molecule has 4 aliphatic rings. The van der Waals surface area contributed by atoms with Crippen molar-refractivity contribution in [1.82, 2.24) is 9.78 Å². The van der Waals surface area contributed by atoms with E-state index in [-0.39, 0.29) is 0 Å². The standard InChI is InChI=1S/C15H24N4/c1-17-14-5-13(9-16)18-19(14)15-6-10-2-11(7-15)4-12(3-10)8-15/h5,10-12,17H,2-4,6-9,16H2,1H3. The quantitative estimate of drug-likeness (QED) is 0.877. The minimum absolute atomic E-state index is 0.292. The van der Waals surface area contributed by atoms with Crippen LogP contribution in [-0.4, -0.2) is 16.8 Å². The van der Waals surface area contributed by atoms with Crippen molar-refractivity contribution in [3.8, 4) is 0 Å². The molecule has 0 radical (unpaired) electrons. The number of anilines is 1. The fraction of sp³-hybridized carbons (Fsp3) is 0.800. The highest BCUT2D eigenvalue weighted by Crippen LogP contribution is 2.59. The van der Waals surface area contributed by atoms with Crippen molar-refractivity contribution in [1.29, 1.82) is 0 Å². The Morgan fingerprint density at radius 2 is 1.84 bits per heavy atom. The molecule has 4 nitrogen and oxygen atoms in total. The van der Waals surface area contributed by atoms with Crippen molar-refractivity contribution in [2.75, 3.05) is 12.4 Å². The second-order valence-corrected chi connectivity index (χ2v) is 7.03. The predicted molar refractivity (Wildman–Crippen MR) is 75.8 cm³/mol. The molecule has 4 aliphatic carbocycles. The smallest absolute Gasteiger partial charge is 0.124 e. The summed E-state index contributed by atoms with van der Waals surface area (Å²) in [6, 6.07) is 2.12.